The molecule has 2 atom stereocenters. The van der Waals surface area contributed by atoms with Gasteiger partial charge in [-0.25, -0.2) is 9.97 Å². The van der Waals surface area contributed by atoms with Crippen LogP contribution in [0.1, 0.15) is 37.1 Å². The van der Waals surface area contributed by atoms with E-state index in [1.54, 1.807) is 0 Å². The summed E-state index contributed by atoms with van der Waals surface area (Å²) in [5.74, 6) is 0.800. The molecular formula is C13H21N3S. The Morgan fingerprint density at radius 2 is 1.94 bits per heavy atom. The Balaban J connectivity index is 2.00. The number of hydrogen-bond acceptors (Lipinski definition) is 4. The van der Waals surface area contributed by atoms with Gasteiger partial charge in [0.25, 0.3) is 0 Å². The Labute approximate surface area is 108 Å². The average molecular weight is 251 g/mol. The van der Waals surface area contributed by atoms with Crippen molar-refractivity contribution in [1.82, 2.24) is 9.97 Å². The number of thioether (sulfide) groups is 1. The summed E-state index contributed by atoms with van der Waals surface area (Å²) >= 11 is 1.99. The summed E-state index contributed by atoms with van der Waals surface area (Å²) in [6.07, 6.45) is 7.35. The standard InChI is InChI=1S/C13H21N3S/c1-9-7-10(2)15-13(14-9)16-11-5-4-6-12(8-11)17-3/h7,11-12H,4-6,8H2,1-3H3,(H,14,15,16). The van der Waals surface area contributed by atoms with Gasteiger partial charge in [0.2, 0.25) is 5.95 Å². The monoisotopic (exact) mass is 251 g/mol. The van der Waals surface area contributed by atoms with Crippen LogP contribution >= 0.6 is 11.8 Å². The van der Waals surface area contributed by atoms with E-state index in [4.69, 9.17) is 0 Å². The number of aromatic nitrogens is 2. The van der Waals surface area contributed by atoms with Crippen molar-refractivity contribution in [3.05, 3.63) is 17.5 Å². The molecule has 2 unspecified atom stereocenters. The summed E-state index contributed by atoms with van der Waals surface area (Å²) in [6, 6.07) is 2.55. The van der Waals surface area contributed by atoms with E-state index in [0.29, 0.717) is 6.04 Å². The summed E-state index contributed by atoms with van der Waals surface area (Å²) in [6.45, 7) is 4.04. The van der Waals surface area contributed by atoms with Crippen LogP contribution in [0.25, 0.3) is 0 Å². The van der Waals surface area contributed by atoms with Crippen LogP contribution in [-0.2, 0) is 0 Å². The van der Waals surface area contributed by atoms with Crippen molar-refractivity contribution < 1.29 is 0 Å². The highest BCUT2D eigenvalue weighted by Gasteiger charge is 2.21. The van der Waals surface area contributed by atoms with E-state index in [9.17, 15) is 0 Å². The molecule has 0 aliphatic heterocycles. The van der Waals surface area contributed by atoms with Crippen molar-refractivity contribution in [3.63, 3.8) is 0 Å². The minimum atomic E-state index is 0.544. The van der Waals surface area contributed by atoms with Gasteiger partial charge in [-0.3, -0.25) is 0 Å². The molecule has 0 aromatic carbocycles. The third-order valence-corrected chi connectivity index (χ3v) is 4.37. The third kappa shape index (κ3) is 3.60. The minimum absolute atomic E-state index is 0.544. The van der Waals surface area contributed by atoms with Crippen LogP contribution in [0.5, 0.6) is 0 Å². The molecule has 1 aromatic rings. The molecule has 1 aliphatic rings. The van der Waals surface area contributed by atoms with E-state index in [1.807, 2.05) is 31.7 Å². The highest BCUT2D eigenvalue weighted by molar-refractivity contribution is 7.99. The second-order valence-electron chi connectivity index (χ2n) is 4.84. The van der Waals surface area contributed by atoms with Crippen molar-refractivity contribution in [3.8, 4) is 0 Å². The maximum absolute atomic E-state index is 4.45. The predicted molar refractivity (Wildman–Crippen MR) is 74.7 cm³/mol. The maximum atomic E-state index is 4.45. The largest absolute Gasteiger partial charge is 0.351 e. The van der Waals surface area contributed by atoms with Crippen molar-refractivity contribution in [2.75, 3.05) is 11.6 Å². The zero-order valence-electron chi connectivity index (χ0n) is 10.9. The molecule has 1 fully saturated rings. The van der Waals surface area contributed by atoms with Crippen LogP contribution in [-0.4, -0.2) is 27.5 Å². The van der Waals surface area contributed by atoms with E-state index in [-0.39, 0.29) is 0 Å². The van der Waals surface area contributed by atoms with E-state index >= 15 is 0 Å². The van der Waals surface area contributed by atoms with Crippen molar-refractivity contribution in [1.29, 1.82) is 0 Å². The molecule has 1 N–H and O–H groups in total. The molecule has 4 heteroatoms. The van der Waals surface area contributed by atoms with Gasteiger partial charge in [0.05, 0.1) is 0 Å². The summed E-state index contributed by atoms with van der Waals surface area (Å²) in [4.78, 5) is 8.90. The van der Waals surface area contributed by atoms with E-state index in [2.05, 4.69) is 21.5 Å². The molecule has 0 bridgehead atoms. The molecule has 0 amide bonds. The first-order valence-electron chi connectivity index (χ1n) is 6.29. The zero-order valence-corrected chi connectivity index (χ0v) is 11.7. The summed E-state index contributed by atoms with van der Waals surface area (Å²) in [5, 5.41) is 4.29. The number of aryl methyl sites for hydroxylation is 2. The zero-order chi connectivity index (χ0) is 12.3. The fraction of sp³-hybridized carbons (Fsp3) is 0.692. The van der Waals surface area contributed by atoms with Crippen LogP contribution in [0.2, 0.25) is 0 Å². The number of nitrogens with zero attached hydrogens (tertiary/aromatic N) is 2. The number of hydrogen-bond donors (Lipinski definition) is 1. The van der Waals surface area contributed by atoms with Crippen LogP contribution in [0, 0.1) is 13.8 Å². The van der Waals surface area contributed by atoms with Crippen LogP contribution in [0.3, 0.4) is 0 Å². The number of rotatable bonds is 3. The Morgan fingerprint density at radius 3 is 2.59 bits per heavy atom. The Morgan fingerprint density at radius 1 is 1.24 bits per heavy atom. The van der Waals surface area contributed by atoms with Crippen LogP contribution in [0.4, 0.5) is 5.95 Å². The second kappa shape index (κ2) is 5.71. The molecule has 94 valence electrons. The van der Waals surface area contributed by atoms with E-state index in [0.717, 1.165) is 22.6 Å². The molecule has 1 heterocycles. The first-order valence-corrected chi connectivity index (χ1v) is 7.58. The lowest BCUT2D eigenvalue weighted by Crippen LogP contribution is -2.29. The smallest absolute Gasteiger partial charge is 0.223 e. The molecule has 3 nitrogen and oxygen atoms in total. The van der Waals surface area contributed by atoms with Gasteiger partial charge in [0.1, 0.15) is 0 Å². The van der Waals surface area contributed by atoms with Gasteiger partial charge in [0, 0.05) is 22.7 Å². The lowest BCUT2D eigenvalue weighted by atomic mass is 9.95. The van der Waals surface area contributed by atoms with E-state index in [1.165, 1.54) is 25.7 Å². The SMILES string of the molecule is CSC1CCCC(Nc2nc(C)cc(C)n2)C1. The minimum Gasteiger partial charge on any atom is -0.351 e. The van der Waals surface area contributed by atoms with Crippen LogP contribution < -0.4 is 5.32 Å². The normalized spacial score (nSPS) is 24.6. The van der Waals surface area contributed by atoms with Crippen LogP contribution in [0.15, 0.2) is 6.07 Å². The molecule has 2 rings (SSSR count). The van der Waals surface area contributed by atoms with Crippen molar-refractivity contribution >= 4 is 17.7 Å². The van der Waals surface area contributed by atoms with E-state index < -0.39 is 0 Å². The van der Waals surface area contributed by atoms with Gasteiger partial charge in [0.15, 0.2) is 0 Å². The fourth-order valence-electron chi connectivity index (χ4n) is 2.46. The number of nitrogens with one attached hydrogen (secondary N) is 1. The molecular weight excluding hydrogens is 230 g/mol. The first-order chi connectivity index (χ1) is 8.17. The van der Waals surface area contributed by atoms with Crippen molar-refractivity contribution in [2.45, 2.75) is 50.8 Å². The molecule has 17 heavy (non-hydrogen) atoms. The summed E-state index contributed by atoms with van der Waals surface area (Å²) in [7, 11) is 0. The van der Waals surface area contributed by atoms with Gasteiger partial charge in [-0.05, 0) is 45.4 Å². The van der Waals surface area contributed by atoms with Gasteiger partial charge in [-0.1, -0.05) is 6.42 Å². The Hall–Kier alpha value is -0.770. The highest BCUT2D eigenvalue weighted by atomic mass is 32.2. The third-order valence-electron chi connectivity index (χ3n) is 3.27. The molecule has 0 spiro atoms. The summed E-state index contributed by atoms with van der Waals surface area (Å²) in [5.41, 5.74) is 2.08. The maximum Gasteiger partial charge on any atom is 0.223 e. The quantitative estimate of drug-likeness (QED) is 0.895. The van der Waals surface area contributed by atoms with Gasteiger partial charge >= 0.3 is 0 Å². The molecule has 1 aromatic heterocycles. The average Bonchev–Trinajstić information content (AvgIpc) is 2.28. The molecule has 1 saturated carbocycles. The Kier molecular flexibility index (Phi) is 4.26. The molecule has 0 saturated heterocycles. The fourth-order valence-corrected chi connectivity index (χ4v) is 3.29. The molecule has 0 radical (unpaired) electrons. The highest BCUT2D eigenvalue weighted by Crippen LogP contribution is 2.28. The lowest BCUT2D eigenvalue weighted by molar-refractivity contribution is 0.471. The first kappa shape index (κ1) is 12.7. The lowest BCUT2D eigenvalue weighted by Gasteiger charge is -2.28. The van der Waals surface area contributed by atoms with Gasteiger partial charge in [-0.15, -0.1) is 0 Å². The van der Waals surface area contributed by atoms with Gasteiger partial charge in [-0.2, -0.15) is 11.8 Å². The summed E-state index contributed by atoms with van der Waals surface area (Å²) < 4.78 is 0. The molecule has 1 aliphatic carbocycles. The second-order valence-corrected chi connectivity index (χ2v) is 5.98. The van der Waals surface area contributed by atoms with Crippen molar-refractivity contribution in [2.24, 2.45) is 0 Å². The van der Waals surface area contributed by atoms with Gasteiger partial charge < -0.3 is 5.32 Å². The topological polar surface area (TPSA) is 37.8 Å². The Bertz CT molecular complexity index is 361. The predicted octanol–water partition coefficient (Wildman–Crippen LogP) is 3.18. The number of anilines is 1.